The smallest absolute Gasteiger partial charge is 0.264 e. The van der Waals surface area contributed by atoms with Crippen molar-refractivity contribution in [3.05, 3.63) is 72.0 Å². The van der Waals surface area contributed by atoms with Gasteiger partial charge in [0.15, 0.2) is 0 Å². The third-order valence-electron chi connectivity index (χ3n) is 3.58. The quantitative estimate of drug-likeness (QED) is 0.617. The second kappa shape index (κ2) is 8.05. The summed E-state index contributed by atoms with van der Waals surface area (Å²) in [5.41, 5.74) is 1.77. The molecule has 0 aliphatic rings. The van der Waals surface area contributed by atoms with Crippen LogP contribution in [0.5, 0.6) is 0 Å². The zero-order chi connectivity index (χ0) is 20.1. The minimum absolute atomic E-state index is 0.0120. The third-order valence-corrected chi connectivity index (χ3v) is 4.93. The van der Waals surface area contributed by atoms with E-state index in [4.69, 9.17) is 4.42 Å². The van der Waals surface area contributed by atoms with Gasteiger partial charge < -0.3 is 9.73 Å². The number of hydrogen-bond donors (Lipinski definition) is 2. The van der Waals surface area contributed by atoms with E-state index in [2.05, 4.69) is 20.0 Å². The number of sulfonamides is 1. The van der Waals surface area contributed by atoms with Crippen LogP contribution in [0.15, 0.2) is 64.1 Å². The van der Waals surface area contributed by atoms with Crippen LogP contribution in [0.2, 0.25) is 0 Å². The van der Waals surface area contributed by atoms with Crippen molar-refractivity contribution in [3.63, 3.8) is 0 Å². The summed E-state index contributed by atoms with van der Waals surface area (Å²) in [4.78, 5) is 20.1. The number of nitrogens with zero attached hydrogens (tertiary/aromatic N) is 2. The average Bonchev–Trinajstić information content (AvgIpc) is 3.13. The van der Waals surface area contributed by atoms with E-state index in [1.54, 1.807) is 32.0 Å². The van der Waals surface area contributed by atoms with Crippen molar-refractivity contribution >= 4 is 33.6 Å². The van der Waals surface area contributed by atoms with Gasteiger partial charge in [-0.3, -0.25) is 4.79 Å². The van der Waals surface area contributed by atoms with Gasteiger partial charge in [-0.2, -0.15) is 0 Å². The Bertz CT molecular complexity index is 1090. The van der Waals surface area contributed by atoms with Crippen molar-refractivity contribution < 1.29 is 17.6 Å². The number of anilines is 2. The number of benzene rings is 1. The Labute approximate surface area is 162 Å². The number of furan rings is 1. The van der Waals surface area contributed by atoms with Gasteiger partial charge in [-0.15, -0.1) is 0 Å². The van der Waals surface area contributed by atoms with Crippen LogP contribution in [0.1, 0.15) is 17.1 Å². The molecule has 0 spiro atoms. The summed E-state index contributed by atoms with van der Waals surface area (Å²) in [7, 11) is -3.85. The van der Waals surface area contributed by atoms with E-state index in [0.29, 0.717) is 22.8 Å². The Morgan fingerprint density at radius 2 is 1.75 bits per heavy atom. The Hall–Kier alpha value is -3.46. The van der Waals surface area contributed by atoms with Crippen molar-refractivity contribution in [2.75, 3.05) is 10.0 Å². The lowest BCUT2D eigenvalue weighted by Gasteiger charge is -2.09. The van der Waals surface area contributed by atoms with E-state index in [1.165, 1.54) is 42.7 Å². The molecule has 0 saturated heterocycles. The highest BCUT2D eigenvalue weighted by Crippen LogP contribution is 2.17. The van der Waals surface area contributed by atoms with Crippen LogP contribution in [0.3, 0.4) is 0 Å². The van der Waals surface area contributed by atoms with Crippen LogP contribution in [-0.4, -0.2) is 24.3 Å². The largest absolute Gasteiger partial charge is 0.465 e. The Kier molecular flexibility index (Phi) is 5.55. The fraction of sp³-hybridized carbons (Fsp3) is 0.105. The minimum atomic E-state index is -3.85. The summed E-state index contributed by atoms with van der Waals surface area (Å²) in [6.45, 7) is 3.51. The molecule has 9 heteroatoms. The lowest BCUT2D eigenvalue weighted by molar-refractivity contribution is -0.111. The lowest BCUT2D eigenvalue weighted by Crippen LogP contribution is -2.16. The summed E-state index contributed by atoms with van der Waals surface area (Å²) < 4.78 is 32.4. The number of rotatable bonds is 6. The van der Waals surface area contributed by atoms with Gasteiger partial charge in [0.2, 0.25) is 11.9 Å². The van der Waals surface area contributed by atoms with Crippen LogP contribution in [0.25, 0.3) is 6.08 Å². The normalized spacial score (nSPS) is 11.5. The summed E-state index contributed by atoms with van der Waals surface area (Å²) >= 11 is 0. The van der Waals surface area contributed by atoms with E-state index in [9.17, 15) is 13.2 Å². The van der Waals surface area contributed by atoms with E-state index in [1.807, 2.05) is 0 Å². The molecule has 1 aromatic carbocycles. The molecule has 0 fully saturated rings. The molecule has 8 nitrogen and oxygen atoms in total. The van der Waals surface area contributed by atoms with Crippen molar-refractivity contribution in [2.45, 2.75) is 18.7 Å². The van der Waals surface area contributed by atoms with Crippen LogP contribution in [0.4, 0.5) is 11.6 Å². The predicted molar refractivity (Wildman–Crippen MR) is 105 cm³/mol. The zero-order valence-corrected chi connectivity index (χ0v) is 16.0. The van der Waals surface area contributed by atoms with Crippen LogP contribution < -0.4 is 10.0 Å². The SMILES string of the molecule is Cc1cc(C)nc(NS(=O)(=O)c2ccc(NC(=O)C=Cc3ccco3)cc2)n1. The van der Waals surface area contributed by atoms with Gasteiger partial charge in [-0.1, -0.05) is 0 Å². The molecule has 144 valence electrons. The molecule has 0 bridgehead atoms. The number of nitrogens with one attached hydrogen (secondary N) is 2. The highest BCUT2D eigenvalue weighted by atomic mass is 32.2. The number of amides is 1. The molecular weight excluding hydrogens is 380 g/mol. The molecule has 2 heterocycles. The van der Waals surface area contributed by atoms with Gasteiger partial charge in [0.1, 0.15) is 5.76 Å². The van der Waals surface area contributed by atoms with Crippen LogP contribution in [-0.2, 0) is 14.8 Å². The molecule has 0 aliphatic carbocycles. The second-order valence-corrected chi connectivity index (χ2v) is 7.62. The van der Waals surface area contributed by atoms with Gasteiger partial charge in [0.25, 0.3) is 10.0 Å². The van der Waals surface area contributed by atoms with Gasteiger partial charge >= 0.3 is 0 Å². The molecule has 0 saturated carbocycles. The highest BCUT2D eigenvalue weighted by Gasteiger charge is 2.16. The van der Waals surface area contributed by atoms with Crippen molar-refractivity contribution in [1.29, 1.82) is 0 Å². The van der Waals surface area contributed by atoms with Crippen LogP contribution >= 0.6 is 0 Å². The van der Waals surface area contributed by atoms with Crippen molar-refractivity contribution in [1.82, 2.24) is 9.97 Å². The van der Waals surface area contributed by atoms with E-state index in [-0.39, 0.29) is 16.8 Å². The van der Waals surface area contributed by atoms with Gasteiger partial charge in [0.05, 0.1) is 11.2 Å². The fourth-order valence-electron chi connectivity index (χ4n) is 2.40. The summed E-state index contributed by atoms with van der Waals surface area (Å²) in [5.74, 6) is 0.197. The molecule has 2 N–H and O–H groups in total. The average molecular weight is 398 g/mol. The van der Waals surface area contributed by atoms with Crippen LogP contribution in [0, 0.1) is 13.8 Å². The zero-order valence-electron chi connectivity index (χ0n) is 15.2. The number of carbonyl (C=O) groups excluding carboxylic acids is 1. The van der Waals surface area contributed by atoms with Crippen molar-refractivity contribution in [3.8, 4) is 0 Å². The minimum Gasteiger partial charge on any atom is -0.465 e. The van der Waals surface area contributed by atoms with E-state index < -0.39 is 10.0 Å². The molecule has 1 amide bonds. The Balaban J connectivity index is 1.68. The van der Waals surface area contributed by atoms with Gasteiger partial charge in [0, 0.05) is 23.2 Å². The monoisotopic (exact) mass is 398 g/mol. The Morgan fingerprint density at radius 3 is 2.36 bits per heavy atom. The predicted octanol–water partition coefficient (Wildman–Crippen LogP) is 3.14. The molecular formula is C19H18N4O4S. The molecule has 3 aromatic rings. The van der Waals surface area contributed by atoms with E-state index >= 15 is 0 Å². The first-order valence-electron chi connectivity index (χ1n) is 8.29. The standard InChI is InChI=1S/C19H18N4O4S/c1-13-12-14(2)21-19(20-13)23-28(25,26)17-8-5-15(6-9-17)22-18(24)10-7-16-4-3-11-27-16/h3-12H,1-2H3,(H,22,24)(H,20,21,23). The van der Waals surface area contributed by atoms with Gasteiger partial charge in [-0.05, 0) is 62.4 Å². The molecule has 0 unspecified atom stereocenters. The molecule has 2 aromatic heterocycles. The molecule has 3 rings (SSSR count). The molecule has 28 heavy (non-hydrogen) atoms. The maximum Gasteiger partial charge on any atom is 0.264 e. The lowest BCUT2D eigenvalue weighted by atomic mass is 10.3. The first-order chi connectivity index (χ1) is 13.3. The maximum absolute atomic E-state index is 12.5. The fourth-order valence-corrected chi connectivity index (χ4v) is 3.34. The maximum atomic E-state index is 12.5. The molecule has 0 atom stereocenters. The number of carbonyl (C=O) groups is 1. The summed E-state index contributed by atoms with van der Waals surface area (Å²) in [6, 6.07) is 10.9. The summed E-state index contributed by atoms with van der Waals surface area (Å²) in [6.07, 6.45) is 4.36. The highest BCUT2D eigenvalue weighted by molar-refractivity contribution is 7.92. The second-order valence-electron chi connectivity index (χ2n) is 5.94. The number of aromatic nitrogens is 2. The van der Waals surface area contributed by atoms with Gasteiger partial charge in [-0.25, -0.2) is 23.1 Å². The van der Waals surface area contributed by atoms with Crippen molar-refractivity contribution in [2.24, 2.45) is 0 Å². The first-order valence-corrected chi connectivity index (χ1v) is 9.78. The number of aryl methyl sites for hydroxylation is 2. The molecule has 0 aliphatic heterocycles. The first kappa shape index (κ1) is 19.3. The Morgan fingerprint density at radius 1 is 1.07 bits per heavy atom. The topological polar surface area (TPSA) is 114 Å². The van der Waals surface area contributed by atoms with E-state index in [0.717, 1.165) is 0 Å². The summed E-state index contributed by atoms with van der Waals surface area (Å²) in [5, 5.41) is 2.64. The number of hydrogen-bond acceptors (Lipinski definition) is 6. The third kappa shape index (κ3) is 5.04. The molecule has 0 radical (unpaired) electrons.